The molecule has 0 aliphatic heterocycles. The largest absolute Gasteiger partial charge is 0.495 e. The first kappa shape index (κ1) is 13.2. The Morgan fingerprint density at radius 1 is 1.19 bits per heavy atom. The van der Waals surface area contributed by atoms with Gasteiger partial charge >= 0.3 is 0 Å². The van der Waals surface area contributed by atoms with Gasteiger partial charge in [-0.3, -0.25) is 4.98 Å². The fraction of sp³-hybridized carbons (Fsp3) is 0.118. The predicted octanol–water partition coefficient (Wildman–Crippen LogP) is 3.43. The summed E-state index contributed by atoms with van der Waals surface area (Å²) in [5, 5.41) is 1.02. The van der Waals surface area contributed by atoms with Crippen molar-refractivity contribution in [1.29, 1.82) is 0 Å². The Balaban J connectivity index is 2.19. The Bertz CT molecular complexity index is 799. The van der Waals surface area contributed by atoms with Gasteiger partial charge in [-0.15, -0.1) is 6.58 Å². The average molecular weight is 277 g/mol. The van der Waals surface area contributed by atoms with Crippen molar-refractivity contribution in [2.75, 3.05) is 7.11 Å². The van der Waals surface area contributed by atoms with Gasteiger partial charge in [0.1, 0.15) is 5.75 Å². The molecule has 0 bridgehead atoms. The van der Waals surface area contributed by atoms with Crippen LogP contribution < -0.4 is 4.74 Å². The van der Waals surface area contributed by atoms with Gasteiger partial charge in [-0.05, 0) is 12.5 Å². The molecule has 4 heteroatoms. The van der Waals surface area contributed by atoms with Gasteiger partial charge in [0.25, 0.3) is 0 Å². The Hall–Kier alpha value is -2.75. The average Bonchev–Trinajstić information content (AvgIpc) is 2.55. The van der Waals surface area contributed by atoms with Gasteiger partial charge in [0, 0.05) is 28.9 Å². The molecule has 2 aromatic heterocycles. The first-order chi connectivity index (χ1) is 10.3. The second kappa shape index (κ2) is 5.71. The monoisotopic (exact) mass is 277 g/mol. The van der Waals surface area contributed by atoms with Crippen LogP contribution in [0.15, 0.2) is 55.5 Å². The summed E-state index contributed by atoms with van der Waals surface area (Å²) in [6.45, 7) is 3.80. The van der Waals surface area contributed by atoms with Gasteiger partial charge in [-0.1, -0.05) is 24.3 Å². The lowest BCUT2D eigenvalue weighted by molar-refractivity contribution is 0.409. The van der Waals surface area contributed by atoms with E-state index in [0.717, 1.165) is 27.8 Å². The number of allylic oxidation sites excluding steroid dienone is 1. The van der Waals surface area contributed by atoms with E-state index in [1.165, 1.54) is 0 Å². The van der Waals surface area contributed by atoms with Gasteiger partial charge < -0.3 is 4.74 Å². The highest BCUT2D eigenvalue weighted by molar-refractivity contribution is 5.79. The van der Waals surface area contributed by atoms with E-state index < -0.39 is 0 Å². The third-order valence-electron chi connectivity index (χ3n) is 3.32. The Morgan fingerprint density at radius 2 is 2.05 bits per heavy atom. The molecule has 0 saturated carbocycles. The van der Waals surface area contributed by atoms with E-state index >= 15 is 0 Å². The summed E-state index contributed by atoms with van der Waals surface area (Å²) in [4.78, 5) is 13.3. The van der Waals surface area contributed by atoms with Crippen molar-refractivity contribution >= 4 is 10.9 Å². The summed E-state index contributed by atoms with van der Waals surface area (Å²) < 4.78 is 5.38. The van der Waals surface area contributed by atoms with Crippen LogP contribution in [-0.4, -0.2) is 22.1 Å². The van der Waals surface area contributed by atoms with Crippen LogP contribution >= 0.6 is 0 Å². The molecule has 0 saturated heterocycles. The SMILES string of the molecule is C=CCc1c(OC)cncc1-c1ncc2ccccc2n1. The number of pyridine rings is 1. The number of nitrogens with zero attached hydrogens (tertiary/aromatic N) is 3. The Kier molecular flexibility index (Phi) is 3.60. The summed E-state index contributed by atoms with van der Waals surface area (Å²) in [6.07, 6.45) is 7.81. The molecule has 0 aliphatic carbocycles. The smallest absolute Gasteiger partial charge is 0.161 e. The van der Waals surface area contributed by atoms with Crippen LogP contribution in [0.5, 0.6) is 5.75 Å². The Morgan fingerprint density at radius 3 is 2.86 bits per heavy atom. The van der Waals surface area contributed by atoms with Crippen LogP contribution in [0.4, 0.5) is 0 Å². The molecule has 0 atom stereocenters. The first-order valence-electron chi connectivity index (χ1n) is 6.67. The van der Waals surface area contributed by atoms with E-state index in [9.17, 15) is 0 Å². The predicted molar refractivity (Wildman–Crippen MR) is 83.2 cm³/mol. The van der Waals surface area contributed by atoms with Gasteiger partial charge in [0.2, 0.25) is 0 Å². The lowest BCUT2D eigenvalue weighted by Crippen LogP contribution is -1.99. The minimum atomic E-state index is 0.650. The number of methoxy groups -OCH3 is 1. The second-order valence-corrected chi connectivity index (χ2v) is 4.61. The second-order valence-electron chi connectivity index (χ2n) is 4.61. The molecule has 3 aromatic rings. The van der Waals surface area contributed by atoms with E-state index in [1.54, 1.807) is 19.5 Å². The molecule has 0 N–H and O–H groups in total. The summed E-state index contributed by atoms with van der Waals surface area (Å²) in [5.41, 5.74) is 2.78. The van der Waals surface area contributed by atoms with Crippen molar-refractivity contribution in [1.82, 2.24) is 15.0 Å². The van der Waals surface area contributed by atoms with Crippen molar-refractivity contribution in [2.24, 2.45) is 0 Å². The van der Waals surface area contributed by atoms with Gasteiger partial charge in [0.05, 0.1) is 18.8 Å². The number of hydrogen-bond acceptors (Lipinski definition) is 4. The maximum atomic E-state index is 5.38. The maximum Gasteiger partial charge on any atom is 0.161 e. The van der Waals surface area contributed by atoms with E-state index in [2.05, 4.69) is 21.5 Å². The summed E-state index contributed by atoms with van der Waals surface area (Å²) in [5.74, 6) is 1.38. The molecule has 0 fully saturated rings. The van der Waals surface area contributed by atoms with E-state index in [-0.39, 0.29) is 0 Å². The third kappa shape index (κ3) is 2.48. The number of aromatic nitrogens is 3. The van der Waals surface area contributed by atoms with Crippen LogP contribution in [0.3, 0.4) is 0 Å². The van der Waals surface area contributed by atoms with Gasteiger partial charge in [-0.25, -0.2) is 9.97 Å². The van der Waals surface area contributed by atoms with Crippen molar-refractivity contribution in [3.63, 3.8) is 0 Å². The minimum Gasteiger partial charge on any atom is -0.495 e. The van der Waals surface area contributed by atoms with Crippen LogP contribution in [0, 0.1) is 0 Å². The van der Waals surface area contributed by atoms with Crippen LogP contribution in [-0.2, 0) is 6.42 Å². The van der Waals surface area contributed by atoms with Crippen molar-refractivity contribution in [2.45, 2.75) is 6.42 Å². The molecule has 0 unspecified atom stereocenters. The molecule has 1 aromatic carbocycles. The van der Waals surface area contributed by atoms with Gasteiger partial charge in [-0.2, -0.15) is 0 Å². The molecule has 2 heterocycles. The fourth-order valence-electron chi connectivity index (χ4n) is 2.29. The Labute approximate surface area is 123 Å². The molecular formula is C17H15N3O. The first-order valence-corrected chi connectivity index (χ1v) is 6.67. The number of fused-ring (bicyclic) bond motifs is 1. The fourth-order valence-corrected chi connectivity index (χ4v) is 2.29. The molecule has 3 rings (SSSR count). The molecule has 0 spiro atoms. The van der Waals surface area contributed by atoms with Crippen LogP contribution in [0.1, 0.15) is 5.56 Å². The third-order valence-corrected chi connectivity index (χ3v) is 3.32. The number of ether oxygens (including phenoxy) is 1. The topological polar surface area (TPSA) is 47.9 Å². The molecule has 0 amide bonds. The lowest BCUT2D eigenvalue weighted by Gasteiger charge is -2.11. The van der Waals surface area contributed by atoms with Crippen molar-refractivity contribution in [3.05, 3.63) is 61.1 Å². The van der Waals surface area contributed by atoms with Crippen molar-refractivity contribution in [3.8, 4) is 17.1 Å². The number of benzene rings is 1. The highest BCUT2D eigenvalue weighted by Gasteiger charge is 2.13. The van der Waals surface area contributed by atoms with E-state index in [4.69, 9.17) is 4.74 Å². The number of hydrogen-bond donors (Lipinski definition) is 0. The van der Waals surface area contributed by atoms with Crippen LogP contribution in [0.2, 0.25) is 0 Å². The minimum absolute atomic E-state index is 0.650. The van der Waals surface area contributed by atoms with E-state index in [1.807, 2.05) is 36.5 Å². The summed E-state index contributed by atoms with van der Waals surface area (Å²) in [7, 11) is 1.63. The normalized spacial score (nSPS) is 10.5. The van der Waals surface area contributed by atoms with E-state index in [0.29, 0.717) is 12.2 Å². The molecule has 21 heavy (non-hydrogen) atoms. The number of para-hydroxylation sites is 1. The zero-order valence-electron chi connectivity index (χ0n) is 11.8. The molecule has 0 radical (unpaired) electrons. The highest BCUT2D eigenvalue weighted by Crippen LogP contribution is 2.28. The zero-order valence-corrected chi connectivity index (χ0v) is 11.8. The zero-order chi connectivity index (χ0) is 14.7. The molecule has 104 valence electrons. The molecular weight excluding hydrogens is 262 g/mol. The number of rotatable bonds is 4. The van der Waals surface area contributed by atoms with Gasteiger partial charge in [0.15, 0.2) is 5.82 Å². The lowest BCUT2D eigenvalue weighted by atomic mass is 10.1. The van der Waals surface area contributed by atoms with Crippen molar-refractivity contribution < 1.29 is 4.74 Å². The van der Waals surface area contributed by atoms with Crippen LogP contribution in [0.25, 0.3) is 22.3 Å². The summed E-state index contributed by atoms with van der Waals surface area (Å²) in [6, 6.07) is 7.91. The molecule has 4 nitrogen and oxygen atoms in total. The quantitative estimate of drug-likeness (QED) is 0.685. The maximum absolute atomic E-state index is 5.38. The molecule has 0 aliphatic rings. The summed E-state index contributed by atoms with van der Waals surface area (Å²) >= 11 is 0. The highest BCUT2D eigenvalue weighted by atomic mass is 16.5. The standard InChI is InChI=1S/C17H15N3O/c1-3-6-13-14(10-18-11-16(13)21-2)17-19-9-12-7-4-5-8-15(12)20-17/h3-5,7-11H,1,6H2,2H3.